The molecule has 0 aliphatic carbocycles. The highest BCUT2D eigenvalue weighted by molar-refractivity contribution is 5.80. The molecule has 3 heterocycles. The van der Waals surface area contributed by atoms with Crippen molar-refractivity contribution in [3.8, 4) is 0 Å². The van der Waals surface area contributed by atoms with Crippen LogP contribution in [0.3, 0.4) is 0 Å². The fourth-order valence-corrected chi connectivity index (χ4v) is 4.17. The van der Waals surface area contributed by atoms with Crippen LogP contribution in [0.1, 0.15) is 36.0 Å². The van der Waals surface area contributed by atoms with E-state index < -0.39 is 0 Å². The van der Waals surface area contributed by atoms with Gasteiger partial charge >= 0.3 is 0 Å². The highest BCUT2D eigenvalue weighted by atomic mass is 15.3. The Morgan fingerprint density at radius 1 is 1.07 bits per heavy atom. The number of piperidine rings is 1. The molecule has 0 amide bonds. The molecule has 0 unspecified atom stereocenters. The first kappa shape index (κ1) is 18.2. The van der Waals surface area contributed by atoms with Crippen molar-refractivity contribution in [2.45, 2.75) is 31.8 Å². The molecule has 0 spiro atoms. The molecule has 0 saturated carbocycles. The lowest BCUT2D eigenvalue weighted by molar-refractivity contribution is 0.200. The number of rotatable bonds is 5. The SMILES string of the molecule is CN(C)Cc1nnc(C2CCN(Cc3ccc4ccn(C)c4c3)CC2)n1C. The summed E-state index contributed by atoms with van der Waals surface area (Å²) < 4.78 is 4.40. The number of benzene rings is 1. The van der Waals surface area contributed by atoms with Crippen molar-refractivity contribution < 1.29 is 0 Å². The third-order valence-electron chi connectivity index (χ3n) is 5.77. The molecule has 2 aromatic heterocycles. The molecular formula is C21H30N6. The van der Waals surface area contributed by atoms with Crippen molar-refractivity contribution in [2.24, 2.45) is 14.1 Å². The van der Waals surface area contributed by atoms with Crippen molar-refractivity contribution in [2.75, 3.05) is 27.2 Å². The minimum absolute atomic E-state index is 0.519. The molecule has 1 aliphatic rings. The van der Waals surface area contributed by atoms with E-state index in [1.165, 1.54) is 16.5 Å². The second-order valence-corrected chi connectivity index (χ2v) is 8.14. The molecule has 0 atom stereocenters. The first-order valence-electron chi connectivity index (χ1n) is 9.80. The zero-order valence-electron chi connectivity index (χ0n) is 16.9. The lowest BCUT2D eigenvalue weighted by Gasteiger charge is -2.31. The zero-order chi connectivity index (χ0) is 19.0. The lowest BCUT2D eigenvalue weighted by atomic mass is 9.95. The number of likely N-dealkylation sites (tertiary alicyclic amines) is 1. The molecule has 3 aromatic rings. The standard InChI is InChI=1S/C21H30N6/c1-24(2)15-20-22-23-21(26(20)4)18-8-11-27(12-9-18)14-16-5-6-17-7-10-25(3)19(17)13-16/h5-7,10,13,18H,8-9,11-12,14-15H2,1-4H3. The highest BCUT2D eigenvalue weighted by Crippen LogP contribution is 2.28. The Kier molecular flexibility index (Phi) is 5.02. The van der Waals surface area contributed by atoms with Crippen LogP contribution in [0, 0.1) is 0 Å². The maximum absolute atomic E-state index is 4.50. The van der Waals surface area contributed by atoms with E-state index in [0.29, 0.717) is 5.92 Å². The molecule has 1 aromatic carbocycles. The first-order valence-corrected chi connectivity index (χ1v) is 9.80. The molecule has 1 aliphatic heterocycles. The summed E-state index contributed by atoms with van der Waals surface area (Å²) in [5, 5.41) is 10.2. The minimum Gasteiger partial charge on any atom is -0.351 e. The smallest absolute Gasteiger partial charge is 0.146 e. The Balaban J connectivity index is 1.38. The van der Waals surface area contributed by atoms with E-state index in [1.807, 2.05) is 0 Å². The number of hydrogen-bond donors (Lipinski definition) is 0. The Labute approximate surface area is 161 Å². The van der Waals surface area contributed by atoms with E-state index in [4.69, 9.17) is 0 Å². The van der Waals surface area contributed by atoms with E-state index >= 15 is 0 Å². The third kappa shape index (κ3) is 3.77. The summed E-state index contributed by atoms with van der Waals surface area (Å²) in [6.07, 6.45) is 4.44. The molecule has 1 saturated heterocycles. The van der Waals surface area contributed by atoms with E-state index in [9.17, 15) is 0 Å². The van der Waals surface area contributed by atoms with E-state index in [-0.39, 0.29) is 0 Å². The molecule has 144 valence electrons. The van der Waals surface area contributed by atoms with Gasteiger partial charge in [-0.3, -0.25) is 4.90 Å². The van der Waals surface area contributed by atoms with Gasteiger partial charge in [-0.05, 0) is 63.1 Å². The van der Waals surface area contributed by atoms with Crippen LogP contribution in [0.4, 0.5) is 0 Å². The molecule has 0 N–H and O–H groups in total. The Bertz CT molecular complexity index is 914. The van der Waals surface area contributed by atoms with Crippen molar-refractivity contribution in [3.05, 3.63) is 47.7 Å². The second-order valence-electron chi connectivity index (χ2n) is 8.14. The molecule has 0 bridgehead atoms. The molecule has 6 heteroatoms. The van der Waals surface area contributed by atoms with Crippen LogP contribution in [0.2, 0.25) is 0 Å². The van der Waals surface area contributed by atoms with Crippen molar-refractivity contribution in [1.29, 1.82) is 0 Å². The van der Waals surface area contributed by atoms with Crippen LogP contribution in [0.25, 0.3) is 10.9 Å². The highest BCUT2D eigenvalue weighted by Gasteiger charge is 2.25. The third-order valence-corrected chi connectivity index (χ3v) is 5.77. The van der Waals surface area contributed by atoms with Crippen molar-refractivity contribution in [3.63, 3.8) is 0 Å². The molecular weight excluding hydrogens is 336 g/mol. The van der Waals surface area contributed by atoms with Crippen LogP contribution in [-0.2, 0) is 27.2 Å². The Hall–Kier alpha value is -2.18. The van der Waals surface area contributed by atoms with E-state index in [1.54, 1.807) is 0 Å². The molecule has 4 rings (SSSR count). The summed E-state index contributed by atoms with van der Waals surface area (Å²) >= 11 is 0. The zero-order valence-corrected chi connectivity index (χ0v) is 16.9. The molecule has 27 heavy (non-hydrogen) atoms. The number of fused-ring (bicyclic) bond motifs is 1. The van der Waals surface area contributed by atoms with Gasteiger partial charge in [-0.15, -0.1) is 10.2 Å². The van der Waals surface area contributed by atoms with Gasteiger partial charge in [-0.1, -0.05) is 12.1 Å². The summed E-state index contributed by atoms with van der Waals surface area (Å²) in [7, 11) is 8.36. The summed E-state index contributed by atoms with van der Waals surface area (Å²) in [5.41, 5.74) is 2.71. The average Bonchev–Trinajstić information content (AvgIpc) is 3.19. The summed E-state index contributed by atoms with van der Waals surface area (Å²) in [6, 6.07) is 9.02. The van der Waals surface area contributed by atoms with Crippen molar-refractivity contribution >= 4 is 10.9 Å². The maximum Gasteiger partial charge on any atom is 0.146 e. The summed E-state index contributed by atoms with van der Waals surface area (Å²) in [4.78, 5) is 4.71. The Morgan fingerprint density at radius 3 is 2.59 bits per heavy atom. The number of aryl methyl sites for hydroxylation is 1. The van der Waals surface area contributed by atoms with Gasteiger partial charge in [-0.2, -0.15) is 0 Å². The number of hydrogen-bond acceptors (Lipinski definition) is 4. The predicted molar refractivity (Wildman–Crippen MR) is 109 cm³/mol. The average molecular weight is 367 g/mol. The van der Waals surface area contributed by atoms with Gasteiger partial charge in [-0.25, -0.2) is 0 Å². The quantitative estimate of drug-likeness (QED) is 0.696. The van der Waals surface area contributed by atoms with Crippen LogP contribution >= 0.6 is 0 Å². The normalized spacial score (nSPS) is 16.6. The fourth-order valence-electron chi connectivity index (χ4n) is 4.17. The Morgan fingerprint density at radius 2 is 1.85 bits per heavy atom. The van der Waals surface area contributed by atoms with E-state index in [2.05, 4.69) is 87.8 Å². The monoisotopic (exact) mass is 366 g/mol. The van der Waals surface area contributed by atoms with Crippen molar-refractivity contribution in [1.82, 2.24) is 29.1 Å². The number of aromatic nitrogens is 4. The van der Waals surface area contributed by atoms with E-state index in [0.717, 1.165) is 50.7 Å². The van der Waals surface area contributed by atoms with Crippen LogP contribution in [0.15, 0.2) is 30.5 Å². The minimum atomic E-state index is 0.519. The second kappa shape index (κ2) is 7.44. The van der Waals surface area contributed by atoms with Gasteiger partial charge in [0, 0.05) is 38.3 Å². The van der Waals surface area contributed by atoms with Gasteiger partial charge in [0.1, 0.15) is 11.6 Å². The topological polar surface area (TPSA) is 42.1 Å². The largest absolute Gasteiger partial charge is 0.351 e. The summed E-state index contributed by atoms with van der Waals surface area (Å²) in [6.45, 7) is 4.10. The fraction of sp³-hybridized carbons (Fsp3) is 0.524. The van der Waals surface area contributed by atoms with Gasteiger partial charge < -0.3 is 14.0 Å². The lowest BCUT2D eigenvalue weighted by Crippen LogP contribution is -2.33. The molecule has 1 fully saturated rings. The molecule has 0 radical (unpaired) electrons. The van der Waals surface area contributed by atoms with Crippen LogP contribution in [0.5, 0.6) is 0 Å². The van der Waals surface area contributed by atoms with Crippen LogP contribution in [-0.4, -0.2) is 56.3 Å². The predicted octanol–water partition coefficient (Wildman–Crippen LogP) is 2.75. The van der Waals surface area contributed by atoms with Gasteiger partial charge in [0.2, 0.25) is 0 Å². The molecule has 6 nitrogen and oxygen atoms in total. The summed E-state index contributed by atoms with van der Waals surface area (Å²) in [5.74, 6) is 2.72. The number of nitrogens with zero attached hydrogens (tertiary/aromatic N) is 6. The van der Waals surface area contributed by atoms with Gasteiger partial charge in [0.05, 0.1) is 6.54 Å². The van der Waals surface area contributed by atoms with Crippen LogP contribution < -0.4 is 0 Å². The first-order chi connectivity index (χ1) is 13.0. The van der Waals surface area contributed by atoms with Gasteiger partial charge in [0.15, 0.2) is 0 Å². The van der Waals surface area contributed by atoms with Gasteiger partial charge in [0.25, 0.3) is 0 Å². The maximum atomic E-state index is 4.50.